The van der Waals surface area contributed by atoms with E-state index in [-0.39, 0.29) is 16.4 Å². The van der Waals surface area contributed by atoms with Gasteiger partial charge < -0.3 is 10.1 Å². The van der Waals surface area contributed by atoms with Crippen molar-refractivity contribution in [2.45, 2.75) is 38.0 Å². The van der Waals surface area contributed by atoms with Gasteiger partial charge in [0.25, 0.3) is 5.91 Å². The van der Waals surface area contributed by atoms with E-state index in [1.54, 1.807) is 13.2 Å². The normalized spacial score (nSPS) is 16.4. The van der Waals surface area contributed by atoms with Gasteiger partial charge in [-0.3, -0.25) is 4.79 Å². The lowest BCUT2D eigenvalue weighted by atomic mass is 9.78. The molecule has 2 rings (SSSR count). The molecule has 0 atom stereocenters. The fourth-order valence-electron chi connectivity index (χ4n) is 3.42. The molecule has 0 heterocycles. The average Bonchev–Trinajstić information content (AvgIpc) is 3.07. The number of benzene rings is 1. The molecule has 4 heteroatoms. The molecule has 1 aliphatic rings. The molecular formula is C21H26ClNO2. The molecule has 0 bridgehead atoms. The first-order chi connectivity index (χ1) is 11.9. The Balaban J connectivity index is 2.17. The molecule has 1 N–H and O–H groups in total. The molecule has 1 aromatic carbocycles. The Morgan fingerprint density at radius 3 is 2.36 bits per heavy atom. The van der Waals surface area contributed by atoms with Crippen molar-refractivity contribution in [1.82, 2.24) is 5.32 Å². The molecule has 0 radical (unpaired) electrons. The number of carbonyl (C=O) groups excluding carboxylic acids is 1. The van der Waals surface area contributed by atoms with Crippen molar-refractivity contribution in [2.24, 2.45) is 0 Å². The standard InChI is InChI=1S/C21H26ClNO2/c1-15(2)13-19(16(3)22)20(24)23-14-21(11-5-6-12-21)17-7-9-18(25-4)10-8-17/h7-10,13H,1,3,5-6,11-12,14H2,2,4H3,(H,23,24)/b19-13+. The van der Waals surface area contributed by atoms with Gasteiger partial charge in [-0.25, -0.2) is 0 Å². The van der Waals surface area contributed by atoms with Crippen LogP contribution in [0.3, 0.4) is 0 Å². The van der Waals surface area contributed by atoms with Crippen LogP contribution in [0, 0.1) is 0 Å². The van der Waals surface area contributed by atoms with Crippen LogP contribution >= 0.6 is 11.6 Å². The van der Waals surface area contributed by atoms with Gasteiger partial charge in [-0.15, -0.1) is 0 Å². The Morgan fingerprint density at radius 1 is 1.28 bits per heavy atom. The number of halogens is 1. The smallest absolute Gasteiger partial charge is 0.252 e. The van der Waals surface area contributed by atoms with Crippen LogP contribution in [-0.2, 0) is 10.2 Å². The van der Waals surface area contributed by atoms with Crippen LogP contribution in [0.4, 0.5) is 0 Å². The Hall–Kier alpha value is -2.00. The van der Waals surface area contributed by atoms with Gasteiger partial charge >= 0.3 is 0 Å². The van der Waals surface area contributed by atoms with E-state index in [1.807, 2.05) is 19.1 Å². The summed E-state index contributed by atoms with van der Waals surface area (Å²) >= 11 is 5.98. The first kappa shape index (κ1) is 19.3. The maximum Gasteiger partial charge on any atom is 0.252 e. The number of rotatable bonds is 7. The van der Waals surface area contributed by atoms with Crippen molar-refractivity contribution >= 4 is 17.5 Å². The average molecular weight is 360 g/mol. The van der Waals surface area contributed by atoms with Crippen LogP contribution in [0.5, 0.6) is 5.75 Å². The molecule has 0 aromatic heterocycles. The number of methoxy groups -OCH3 is 1. The zero-order chi connectivity index (χ0) is 18.4. The monoisotopic (exact) mass is 359 g/mol. The number of hydrogen-bond donors (Lipinski definition) is 1. The maximum atomic E-state index is 12.6. The van der Waals surface area contributed by atoms with Crippen LogP contribution in [0.15, 0.2) is 59.7 Å². The van der Waals surface area contributed by atoms with Crippen molar-refractivity contribution in [1.29, 1.82) is 0 Å². The van der Waals surface area contributed by atoms with Gasteiger partial charge in [0.2, 0.25) is 0 Å². The predicted molar refractivity (Wildman–Crippen MR) is 104 cm³/mol. The highest BCUT2D eigenvalue weighted by Gasteiger charge is 2.36. The van der Waals surface area contributed by atoms with Crippen LogP contribution in [-0.4, -0.2) is 19.6 Å². The molecule has 0 saturated heterocycles. The number of ether oxygens (including phenoxy) is 1. The third-order valence-electron chi connectivity index (χ3n) is 4.78. The zero-order valence-electron chi connectivity index (χ0n) is 15.0. The second kappa shape index (κ2) is 8.39. The Labute approximate surface area is 155 Å². The highest BCUT2D eigenvalue weighted by Crippen LogP contribution is 2.41. The third kappa shape index (κ3) is 4.76. The van der Waals surface area contributed by atoms with Crippen LogP contribution in [0.1, 0.15) is 38.2 Å². The molecule has 25 heavy (non-hydrogen) atoms. The Bertz CT molecular complexity index is 682. The minimum atomic E-state index is -0.206. The molecule has 1 aliphatic carbocycles. The van der Waals surface area contributed by atoms with Crippen molar-refractivity contribution in [3.05, 3.63) is 65.2 Å². The number of carbonyl (C=O) groups is 1. The zero-order valence-corrected chi connectivity index (χ0v) is 15.8. The first-order valence-electron chi connectivity index (χ1n) is 8.53. The van der Waals surface area contributed by atoms with Gasteiger partial charge in [-0.05, 0) is 43.5 Å². The highest BCUT2D eigenvalue weighted by molar-refractivity contribution is 6.35. The molecular weight excluding hydrogens is 334 g/mol. The molecule has 1 amide bonds. The number of allylic oxidation sites excluding steroid dienone is 2. The van der Waals surface area contributed by atoms with E-state index < -0.39 is 0 Å². The summed E-state index contributed by atoms with van der Waals surface area (Å²) < 4.78 is 5.25. The van der Waals surface area contributed by atoms with Crippen LogP contribution in [0.2, 0.25) is 0 Å². The fourth-order valence-corrected chi connectivity index (χ4v) is 3.56. The largest absolute Gasteiger partial charge is 0.497 e. The van der Waals surface area contributed by atoms with Gasteiger partial charge in [-0.1, -0.05) is 55.3 Å². The van der Waals surface area contributed by atoms with Gasteiger partial charge in [-0.2, -0.15) is 0 Å². The fraction of sp³-hybridized carbons (Fsp3) is 0.381. The Kier molecular flexibility index (Phi) is 6.49. The minimum Gasteiger partial charge on any atom is -0.497 e. The summed E-state index contributed by atoms with van der Waals surface area (Å²) in [5, 5.41) is 3.28. The quantitative estimate of drug-likeness (QED) is 0.556. The second-order valence-electron chi connectivity index (χ2n) is 6.71. The number of nitrogens with one attached hydrogen (secondary N) is 1. The van der Waals surface area contributed by atoms with E-state index in [9.17, 15) is 4.79 Å². The predicted octanol–water partition coefficient (Wildman–Crippen LogP) is 4.88. The van der Waals surface area contributed by atoms with E-state index in [0.717, 1.165) is 24.2 Å². The molecule has 0 aliphatic heterocycles. The van der Waals surface area contributed by atoms with Crippen LogP contribution < -0.4 is 10.1 Å². The van der Waals surface area contributed by atoms with Crippen molar-refractivity contribution in [3.8, 4) is 5.75 Å². The van der Waals surface area contributed by atoms with Crippen molar-refractivity contribution in [3.63, 3.8) is 0 Å². The summed E-state index contributed by atoms with van der Waals surface area (Å²) in [7, 11) is 1.66. The SMILES string of the molecule is C=C(C)/C=C(\C(=C)Cl)C(=O)NCC1(c2ccc(OC)cc2)CCCC1. The summed E-state index contributed by atoms with van der Waals surface area (Å²) in [6.45, 7) is 9.89. The van der Waals surface area contributed by atoms with Gasteiger partial charge in [0.05, 0.1) is 12.7 Å². The van der Waals surface area contributed by atoms with Crippen molar-refractivity contribution in [2.75, 3.05) is 13.7 Å². The molecule has 134 valence electrons. The minimum absolute atomic E-state index is 0.0378. The topological polar surface area (TPSA) is 38.3 Å². The van der Waals surface area contributed by atoms with E-state index in [2.05, 4.69) is 30.6 Å². The lowest BCUT2D eigenvalue weighted by Crippen LogP contribution is -2.39. The third-order valence-corrected chi connectivity index (χ3v) is 4.98. The van der Waals surface area contributed by atoms with E-state index in [0.29, 0.717) is 12.1 Å². The van der Waals surface area contributed by atoms with Gasteiger partial charge in [0.1, 0.15) is 5.75 Å². The molecule has 1 saturated carbocycles. The molecule has 0 spiro atoms. The van der Waals surface area contributed by atoms with Crippen molar-refractivity contribution < 1.29 is 9.53 Å². The van der Waals surface area contributed by atoms with E-state index >= 15 is 0 Å². The summed E-state index contributed by atoms with van der Waals surface area (Å²) in [6, 6.07) is 8.15. The summed E-state index contributed by atoms with van der Waals surface area (Å²) in [4.78, 5) is 12.6. The van der Waals surface area contributed by atoms with Crippen LogP contribution in [0.25, 0.3) is 0 Å². The first-order valence-corrected chi connectivity index (χ1v) is 8.90. The molecule has 1 aromatic rings. The summed E-state index contributed by atoms with van der Waals surface area (Å²) in [5.74, 6) is 0.633. The molecule has 1 fully saturated rings. The lowest BCUT2D eigenvalue weighted by molar-refractivity contribution is -0.117. The van der Waals surface area contributed by atoms with E-state index in [1.165, 1.54) is 18.4 Å². The lowest BCUT2D eigenvalue weighted by Gasteiger charge is -2.30. The molecule has 0 unspecified atom stereocenters. The number of amides is 1. The number of hydrogen-bond acceptors (Lipinski definition) is 2. The molecule has 3 nitrogen and oxygen atoms in total. The van der Waals surface area contributed by atoms with Gasteiger partial charge in [0, 0.05) is 17.0 Å². The highest BCUT2D eigenvalue weighted by atomic mass is 35.5. The van der Waals surface area contributed by atoms with Gasteiger partial charge in [0.15, 0.2) is 0 Å². The summed E-state index contributed by atoms with van der Waals surface area (Å²) in [5.41, 5.74) is 2.33. The summed E-state index contributed by atoms with van der Waals surface area (Å²) in [6.07, 6.45) is 6.11. The Morgan fingerprint density at radius 2 is 1.88 bits per heavy atom. The second-order valence-corrected chi connectivity index (χ2v) is 7.16. The van der Waals surface area contributed by atoms with E-state index in [4.69, 9.17) is 16.3 Å². The maximum absolute atomic E-state index is 12.6.